The molecule has 0 spiro atoms. The van der Waals surface area contributed by atoms with E-state index >= 15 is 0 Å². The van der Waals surface area contributed by atoms with Crippen LogP contribution in [-0.4, -0.2) is 33.5 Å². The normalized spacial score (nSPS) is 13.8. The quantitative estimate of drug-likeness (QED) is 0.474. The number of nitrogens with one attached hydrogen (secondary N) is 1. The van der Waals surface area contributed by atoms with Crippen molar-refractivity contribution >= 4 is 34.8 Å². The minimum atomic E-state index is -1.38. The van der Waals surface area contributed by atoms with Gasteiger partial charge in [-0.2, -0.15) is 0 Å². The molecule has 0 aliphatic rings. The Labute approximate surface area is 123 Å². The smallest absolute Gasteiger partial charge is 0.269 e. The molecule has 6 nitrogen and oxygen atoms in total. The number of rotatable bonds is 6. The first-order chi connectivity index (χ1) is 9.36. The Kier molecular flexibility index (Phi) is 6.12. The van der Waals surface area contributed by atoms with Crippen LogP contribution in [0.1, 0.15) is 11.7 Å². The molecule has 0 bridgehead atoms. The predicted molar refractivity (Wildman–Crippen MR) is 71.5 cm³/mol. The van der Waals surface area contributed by atoms with Crippen molar-refractivity contribution < 1.29 is 19.2 Å². The fraction of sp³-hybridized carbons (Fsp3) is 0.364. The standard InChI is InChI=1S/C11H11Cl2FN2O4/c12-10(13)11(18)15-8(5-14)9(17)6-1-3-7(4-2-6)16(19)20/h1-4,8-10,17H,5H2,(H,15,18). The fourth-order valence-electron chi connectivity index (χ4n) is 1.47. The van der Waals surface area contributed by atoms with Crippen molar-refractivity contribution in [1.29, 1.82) is 0 Å². The number of carbonyl (C=O) groups excluding carboxylic acids is 1. The van der Waals surface area contributed by atoms with Crippen LogP contribution in [0.3, 0.4) is 0 Å². The van der Waals surface area contributed by atoms with Crippen molar-refractivity contribution in [1.82, 2.24) is 5.32 Å². The number of carbonyl (C=O) groups is 1. The van der Waals surface area contributed by atoms with E-state index < -0.39 is 34.5 Å². The average molecular weight is 325 g/mol. The van der Waals surface area contributed by atoms with Gasteiger partial charge in [-0.15, -0.1) is 0 Å². The second-order valence-electron chi connectivity index (χ2n) is 3.86. The summed E-state index contributed by atoms with van der Waals surface area (Å²) < 4.78 is 12.9. The zero-order chi connectivity index (χ0) is 15.3. The summed E-state index contributed by atoms with van der Waals surface area (Å²) in [6.07, 6.45) is -1.38. The Bertz CT molecular complexity index is 484. The summed E-state index contributed by atoms with van der Waals surface area (Å²) in [4.78, 5) is 19.8. The number of nitro benzene ring substituents is 1. The molecule has 2 unspecified atom stereocenters. The minimum Gasteiger partial charge on any atom is -0.386 e. The molecule has 1 amide bonds. The topological polar surface area (TPSA) is 92.5 Å². The third-order valence-electron chi connectivity index (χ3n) is 2.52. The number of aliphatic hydroxyl groups excluding tert-OH is 1. The summed E-state index contributed by atoms with van der Waals surface area (Å²) in [6.45, 7) is -1.05. The van der Waals surface area contributed by atoms with Crippen molar-refractivity contribution in [3.05, 3.63) is 39.9 Å². The lowest BCUT2D eigenvalue weighted by molar-refractivity contribution is -0.384. The first-order valence-corrected chi connectivity index (χ1v) is 6.31. The van der Waals surface area contributed by atoms with Gasteiger partial charge in [-0.1, -0.05) is 23.2 Å². The molecule has 0 aromatic heterocycles. The lowest BCUT2D eigenvalue weighted by Crippen LogP contribution is -2.43. The van der Waals surface area contributed by atoms with Gasteiger partial charge in [-0.25, -0.2) is 4.39 Å². The van der Waals surface area contributed by atoms with Crippen molar-refractivity contribution in [2.24, 2.45) is 0 Å². The van der Waals surface area contributed by atoms with Crippen LogP contribution in [0.5, 0.6) is 0 Å². The molecule has 1 rings (SSSR count). The highest BCUT2D eigenvalue weighted by molar-refractivity contribution is 6.53. The Hall–Kier alpha value is -1.44. The van der Waals surface area contributed by atoms with E-state index in [0.29, 0.717) is 0 Å². The number of non-ortho nitro benzene ring substituents is 1. The lowest BCUT2D eigenvalue weighted by atomic mass is 10.0. The molecule has 2 atom stereocenters. The molecular weight excluding hydrogens is 314 g/mol. The third-order valence-corrected chi connectivity index (χ3v) is 2.92. The highest BCUT2D eigenvalue weighted by atomic mass is 35.5. The molecule has 0 radical (unpaired) electrons. The number of benzene rings is 1. The van der Waals surface area contributed by atoms with Gasteiger partial charge in [0.25, 0.3) is 11.6 Å². The summed E-state index contributed by atoms with van der Waals surface area (Å²) >= 11 is 10.6. The maximum Gasteiger partial charge on any atom is 0.269 e. The highest BCUT2D eigenvalue weighted by Crippen LogP contribution is 2.21. The predicted octanol–water partition coefficient (Wildman–Crippen LogP) is 1.89. The Morgan fingerprint density at radius 3 is 2.35 bits per heavy atom. The summed E-state index contributed by atoms with van der Waals surface area (Å²) in [7, 11) is 0. The van der Waals surface area contributed by atoms with Crippen molar-refractivity contribution in [2.45, 2.75) is 17.0 Å². The van der Waals surface area contributed by atoms with Crippen LogP contribution in [0.25, 0.3) is 0 Å². The van der Waals surface area contributed by atoms with Gasteiger partial charge in [-0.3, -0.25) is 14.9 Å². The molecular formula is C11H11Cl2FN2O4. The first-order valence-electron chi connectivity index (χ1n) is 5.43. The molecule has 110 valence electrons. The molecule has 0 fully saturated rings. The van der Waals surface area contributed by atoms with Crippen LogP contribution in [0.4, 0.5) is 10.1 Å². The molecule has 0 saturated carbocycles. The van der Waals surface area contributed by atoms with E-state index in [1.807, 2.05) is 0 Å². The molecule has 2 N–H and O–H groups in total. The van der Waals surface area contributed by atoms with E-state index in [-0.39, 0.29) is 11.3 Å². The summed E-state index contributed by atoms with van der Waals surface area (Å²) in [5.74, 6) is -0.836. The number of nitro groups is 1. The number of nitrogens with zero attached hydrogens (tertiary/aromatic N) is 1. The van der Waals surface area contributed by atoms with E-state index in [2.05, 4.69) is 5.32 Å². The highest BCUT2D eigenvalue weighted by Gasteiger charge is 2.25. The van der Waals surface area contributed by atoms with Crippen LogP contribution in [0.2, 0.25) is 0 Å². The second-order valence-corrected chi connectivity index (χ2v) is 4.96. The second kappa shape index (κ2) is 7.37. The van der Waals surface area contributed by atoms with Crippen molar-refractivity contribution in [3.8, 4) is 0 Å². The van der Waals surface area contributed by atoms with Crippen molar-refractivity contribution in [2.75, 3.05) is 6.67 Å². The van der Waals surface area contributed by atoms with Gasteiger partial charge in [0.1, 0.15) is 12.8 Å². The van der Waals surface area contributed by atoms with E-state index in [0.717, 1.165) is 0 Å². The molecule has 0 aliphatic heterocycles. The van der Waals surface area contributed by atoms with Crippen LogP contribution >= 0.6 is 23.2 Å². The fourth-order valence-corrected chi connectivity index (χ4v) is 1.60. The molecule has 20 heavy (non-hydrogen) atoms. The zero-order valence-corrected chi connectivity index (χ0v) is 11.5. The third kappa shape index (κ3) is 4.29. The summed E-state index contributed by atoms with van der Waals surface area (Å²) in [6, 6.07) is 3.64. The largest absolute Gasteiger partial charge is 0.386 e. The molecule has 0 saturated heterocycles. The first kappa shape index (κ1) is 16.6. The van der Waals surface area contributed by atoms with Crippen LogP contribution in [-0.2, 0) is 4.79 Å². The minimum absolute atomic E-state index is 0.164. The number of alkyl halides is 3. The zero-order valence-electron chi connectivity index (χ0n) is 10.0. The van der Waals surface area contributed by atoms with Crippen LogP contribution in [0.15, 0.2) is 24.3 Å². The molecule has 0 aliphatic carbocycles. The molecule has 9 heteroatoms. The lowest BCUT2D eigenvalue weighted by Gasteiger charge is -2.22. The van der Waals surface area contributed by atoms with Gasteiger partial charge in [0.05, 0.1) is 11.0 Å². The maximum atomic E-state index is 12.9. The molecule has 0 heterocycles. The Morgan fingerprint density at radius 1 is 1.40 bits per heavy atom. The SMILES string of the molecule is O=C(NC(CF)C(O)c1ccc([N+](=O)[O-])cc1)C(Cl)Cl. The average Bonchev–Trinajstić information content (AvgIpc) is 2.43. The van der Waals surface area contributed by atoms with Gasteiger partial charge in [0.2, 0.25) is 0 Å². The molecule has 1 aromatic carbocycles. The van der Waals surface area contributed by atoms with Crippen LogP contribution < -0.4 is 5.32 Å². The van der Waals surface area contributed by atoms with E-state index in [9.17, 15) is 24.4 Å². The number of halogens is 3. The van der Waals surface area contributed by atoms with Gasteiger partial charge in [0, 0.05) is 12.1 Å². The Morgan fingerprint density at radius 2 is 1.95 bits per heavy atom. The van der Waals surface area contributed by atoms with Gasteiger partial charge in [0.15, 0.2) is 4.84 Å². The van der Waals surface area contributed by atoms with E-state index in [1.165, 1.54) is 24.3 Å². The number of hydrogen-bond donors (Lipinski definition) is 2. The summed E-state index contributed by atoms with van der Waals surface area (Å²) in [5.41, 5.74) is 0.0580. The number of aliphatic hydroxyl groups is 1. The van der Waals surface area contributed by atoms with Crippen LogP contribution in [0, 0.1) is 10.1 Å². The van der Waals surface area contributed by atoms with Gasteiger partial charge >= 0.3 is 0 Å². The Balaban J connectivity index is 2.82. The van der Waals surface area contributed by atoms with Crippen molar-refractivity contribution in [3.63, 3.8) is 0 Å². The number of amides is 1. The molecule has 1 aromatic rings. The monoisotopic (exact) mass is 324 g/mol. The van der Waals surface area contributed by atoms with E-state index in [1.54, 1.807) is 0 Å². The summed E-state index contributed by atoms with van der Waals surface area (Å²) in [5, 5.41) is 22.6. The number of hydrogen-bond acceptors (Lipinski definition) is 4. The van der Waals surface area contributed by atoms with E-state index in [4.69, 9.17) is 23.2 Å². The van der Waals surface area contributed by atoms with Gasteiger partial charge in [-0.05, 0) is 17.7 Å². The maximum absolute atomic E-state index is 12.9. The van der Waals surface area contributed by atoms with Gasteiger partial charge < -0.3 is 10.4 Å².